The van der Waals surface area contributed by atoms with Gasteiger partial charge < -0.3 is 26.8 Å². The number of benzene rings is 1. The number of nitrogens with two attached hydrogens (primary N) is 2. The molecule has 0 heterocycles. The molecule has 0 amide bonds. The van der Waals surface area contributed by atoms with E-state index < -0.39 is 24.6 Å². The number of aliphatic carboxylic acids is 1. The summed E-state index contributed by atoms with van der Waals surface area (Å²) >= 11 is 0. The van der Waals surface area contributed by atoms with Gasteiger partial charge in [0.1, 0.15) is 6.10 Å². The molecule has 0 aliphatic heterocycles. The van der Waals surface area contributed by atoms with Crippen LogP contribution in [0.3, 0.4) is 0 Å². The van der Waals surface area contributed by atoms with Gasteiger partial charge in [-0.3, -0.25) is 4.79 Å². The van der Waals surface area contributed by atoms with E-state index in [1.807, 2.05) is 0 Å². The molecule has 2 atom stereocenters. The molecule has 0 aromatic heterocycles. The molecule has 7 N–H and O–H groups in total. The first kappa shape index (κ1) is 12.3. The number of aliphatic hydroxyl groups is 2. The Balaban J connectivity index is 2.83. The third-order valence-corrected chi connectivity index (χ3v) is 2.20. The zero-order valence-electron chi connectivity index (χ0n) is 8.50. The minimum Gasteiger partial charge on any atom is -0.481 e. The van der Waals surface area contributed by atoms with Crippen molar-refractivity contribution in [2.45, 2.75) is 18.6 Å². The number of hydrogen-bond acceptors (Lipinski definition) is 5. The second-order valence-electron chi connectivity index (χ2n) is 3.50. The van der Waals surface area contributed by atoms with Gasteiger partial charge in [0, 0.05) is 0 Å². The van der Waals surface area contributed by atoms with Crippen molar-refractivity contribution < 1.29 is 20.1 Å². The zero-order valence-corrected chi connectivity index (χ0v) is 8.50. The summed E-state index contributed by atoms with van der Waals surface area (Å²) in [6.45, 7) is 0. The van der Waals surface area contributed by atoms with Crippen molar-refractivity contribution in [1.82, 2.24) is 0 Å². The van der Waals surface area contributed by atoms with Crippen LogP contribution in [0.2, 0.25) is 0 Å². The Morgan fingerprint density at radius 2 is 1.88 bits per heavy atom. The lowest BCUT2D eigenvalue weighted by molar-refractivity contribution is -0.141. The van der Waals surface area contributed by atoms with Crippen LogP contribution in [-0.4, -0.2) is 27.4 Å². The van der Waals surface area contributed by atoms with Crippen LogP contribution in [0.25, 0.3) is 0 Å². The second kappa shape index (κ2) is 4.82. The van der Waals surface area contributed by atoms with Gasteiger partial charge in [-0.1, -0.05) is 6.07 Å². The van der Waals surface area contributed by atoms with Gasteiger partial charge in [0.15, 0.2) is 0 Å². The summed E-state index contributed by atoms with van der Waals surface area (Å²) in [5.41, 5.74) is 12.0. The van der Waals surface area contributed by atoms with Crippen molar-refractivity contribution in [2.75, 3.05) is 11.5 Å². The molecule has 0 fully saturated rings. The Kier molecular flexibility index (Phi) is 3.70. The highest BCUT2D eigenvalue weighted by atomic mass is 16.4. The number of nitrogen functional groups attached to an aromatic ring is 2. The van der Waals surface area contributed by atoms with E-state index in [-0.39, 0.29) is 5.69 Å². The van der Waals surface area contributed by atoms with Crippen molar-refractivity contribution in [3.63, 3.8) is 0 Å². The van der Waals surface area contributed by atoms with E-state index in [9.17, 15) is 15.0 Å². The largest absolute Gasteiger partial charge is 0.481 e. The third-order valence-electron chi connectivity index (χ3n) is 2.20. The van der Waals surface area contributed by atoms with Gasteiger partial charge in [-0.2, -0.15) is 0 Å². The van der Waals surface area contributed by atoms with Gasteiger partial charge in [0.2, 0.25) is 0 Å². The number of aliphatic hydroxyl groups excluding tert-OH is 2. The van der Waals surface area contributed by atoms with E-state index in [2.05, 4.69) is 0 Å². The minimum atomic E-state index is -1.37. The van der Waals surface area contributed by atoms with Crippen molar-refractivity contribution in [2.24, 2.45) is 0 Å². The number of carboxylic acids is 1. The standard InChI is InChI=1S/C10H14N2O4/c11-6-2-1-5(3-7(6)12)10(16)8(13)4-9(14)15/h1-3,8,10,13,16H,4,11-12H2,(H,14,15). The molecule has 1 rings (SSSR count). The van der Waals surface area contributed by atoms with Crippen LogP contribution in [-0.2, 0) is 4.79 Å². The van der Waals surface area contributed by atoms with Crippen molar-refractivity contribution >= 4 is 17.3 Å². The summed E-state index contributed by atoms with van der Waals surface area (Å²) in [7, 11) is 0. The lowest BCUT2D eigenvalue weighted by Crippen LogP contribution is -2.21. The lowest BCUT2D eigenvalue weighted by atomic mass is 10.0. The van der Waals surface area contributed by atoms with Gasteiger partial charge >= 0.3 is 5.97 Å². The molecule has 2 unspecified atom stereocenters. The van der Waals surface area contributed by atoms with E-state index in [0.29, 0.717) is 11.3 Å². The van der Waals surface area contributed by atoms with Gasteiger partial charge in [-0.05, 0) is 17.7 Å². The van der Waals surface area contributed by atoms with Crippen LogP contribution >= 0.6 is 0 Å². The number of carbonyl (C=O) groups is 1. The zero-order chi connectivity index (χ0) is 12.3. The Bertz CT molecular complexity index is 394. The highest BCUT2D eigenvalue weighted by molar-refractivity contribution is 5.67. The molecular formula is C10H14N2O4. The molecule has 1 aromatic carbocycles. The molecule has 88 valence electrons. The summed E-state index contributed by atoms with van der Waals surface area (Å²) in [5.74, 6) is -1.19. The predicted octanol–water partition coefficient (Wildman–Crippen LogP) is -0.280. The average Bonchev–Trinajstić information content (AvgIpc) is 2.20. The SMILES string of the molecule is Nc1ccc(C(O)C(O)CC(=O)O)cc1N. The summed E-state index contributed by atoms with van der Waals surface area (Å²) < 4.78 is 0. The Morgan fingerprint density at radius 1 is 1.25 bits per heavy atom. The van der Waals surface area contributed by atoms with E-state index in [1.54, 1.807) is 0 Å². The molecule has 6 heteroatoms. The highest BCUT2D eigenvalue weighted by Gasteiger charge is 2.21. The molecule has 0 aliphatic rings. The van der Waals surface area contributed by atoms with Crippen molar-refractivity contribution in [3.8, 4) is 0 Å². The smallest absolute Gasteiger partial charge is 0.306 e. The van der Waals surface area contributed by atoms with E-state index in [1.165, 1.54) is 18.2 Å². The molecule has 16 heavy (non-hydrogen) atoms. The molecule has 1 aromatic rings. The molecule has 0 aliphatic carbocycles. The van der Waals surface area contributed by atoms with E-state index in [0.717, 1.165) is 0 Å². The van der Waals surface area contributed by atoms with Gasteiger partial charge in [0.05, 0.1) is 23.9 Å². The topological polar surface area (TPSA) is 130 Å². The van der Waals surface area contributed by atoms with Crippen LogP contribution in [0.4, 0.5) is 11.4 Å². The normalized spacial score (nSPS) is 14.4. The highest BCUT2D eigenvalue weighted by Crippen LogP contribution is 2.24. The first-order valence-electron chi connectivity index (χ1n) is 4.64. The van der Waals surface area contributed by atoms with Crippen LogP contribution in [0, 0.1) is 0 Å². The molecule has 0 saturated heterocycles. The van der Waals surface area contributed by atoms with Gasteiger partial charge in [-0.25, -0.2) is 0 Å². The van der Waals surface area contributed by atoms with Crippen molar-refractivity contribution in [1.29, 1.82) is 0 Å². The molecular weight excluding hydrogens is 212 g/mol. The third kappa shape index (κ3) is 2.85. The van der Waals surface area contributed by atoms with Crippen LogP contribution in [0.15, 0.2) is 18.2 Å². The van der Waals surface area contributed by atoms with Gasteiger partial charge in [0.25, 0.3) is 0 Å². The van der Waals surface area contributed by atoms with Gasteiger partial charge in [-0.15, -0.1) is 0 Å². The predicted molar refractivity (Wildman–Crippen MR) is 58.5 cm³/mol. The number of hydrogen-bond donors (Lipinski definition) is 5. The second-order valence-corrected chi connectivity index (χ2v) is 3.50. The molecule has 0 saturated carbocycles. The fourth-order valence-electron chi connectivity index (χ4n) is 1.29. The molecule has 0 bridgehead atoms. The van der Waals surface area contributed by atoms with E-state index in [4.69, 9.17) is 16.6 Å². The minimum absolute atomic E-state index is 0.277. The first-order chi connectivity index (χ1) is 7.41. The Hall–Kier alpha value is -1.79. The number of anilines is 2. The monoisotopic (exact) mass is 226 g/mol. The first-order valence-corrected chi connectivity index (χ1v) is 4.64. The van der Waals surface area contributed by atoms with Crippen LogP contribution < -0.4 is 11.5 Å². The lowest BCUT2D eigenvalue weighted by Gasteiger charge is -2.17. The Labute approximate surface area is 92.1 Å². The number of carboxylic acid groups (broad SMARTS) is 1. The molecule has 6 nitrogen and oxygen atoms in total. The van der Waals surface area contributed by atoms with Crippen molar-refractivity contribution in [3.05, 3.63) is 23.8 Å². The summed E-state index contributed by atoms with van der Waals surface area (Å²) in [6.07, 6.45) is -3.20. The quantitative estimate of drug-likeness (QED) is 0.449. The fourth-order valence-corrected chi connectivity index (χ4v) is 1.29. The molecule has 0 radical (unpaired) electrons. The summed E-state index contributed by atoms with van der Waals surface area (Å²) in [6, 6.07) is 4.38. The Morgan fingerprint density at radius 3 is 2.38 bits per heavy atom. The maximum Gasteiger partial charge on any atom is 0.306 e. The fraction of sp³-hybridized carbons (Fsp3) is 0.300. The van der Waals surface area contributed by atoms with E-state index >= 15 is 0 Å². The number of rotatable bonds is 4. The summed E-state index contributed by atoms with van der Waals surface area (Å²) in [5, 5.41) is 27.5. The molecule has 0 spiro atoms. The van der Waals surface area contributed by atoms with Crippen LogP contribution in [0.5, 0.6) is 0 Å². The van der Waals surface area contributed by atoms with Crippen LogP contribution in [0.1, 0.15) is 18.1 Å². The maximum atomic E-state index is 10.4. The summed E-state index contributed by atoms with van der Waals surface area (Å²) in [4.78, 5) is 10.4. The maximum absolute atomic E-state index is 10.4. The average molecular weight is 226 g/mol.